The first-order valence-electron chi connectivity index (χ1n) is 4.56. The van der Waals surface area contributed by atoms with Crippen molar-refractivity contribution < 1.29 is 8.42 Å². The van der Waals surface area contributed by atoms with Gasteiger partial charge in [-0.2, -0.15) is 5.10 Å². The molecule has 0 bridgehead atoms. The van der Waals surface area contributed by atoms with Gasteiger partial charge in [0.05, 0.1) is 6.20 Å². The van der Waals surface area contributed by atoms with E-state index in [9.17, 15) is 8.42 Å². The van der Waals surface area contributed by atoms with Crippen LogP contribution in [0.15, 0.2) is 41.8 Å². The van der Waals surface area contributed by atoms with E-state index in [0.717, 1.165) is 5.56 Å². The molecule has 7 heteroatoms. The number of rotatable bonds is 4. The smallest absolute Gasteiger partial charge is 0.257 e. The van der Waals surface area contributed by atoms with E-state index in [-0.39, 0.29) is 11.6 Å². The Morgan fingerprint density at radius 2 is 1.94 bits per heavy atom. The maximum atomic E-state index is 11.7. The standard InChI is InChI=1S/C9H10N4O2S/c14-16(15,9-3-6-11-13-9)12-7-8-1-4-10-5-2-8/h1-6,12H,7H2,(H,11,13). The van der Waals surface area contributed by atoms with Crippen LogP contribution in [0.3, 0.4) is 0 Å². The van der Waals surface area contributed by atoms with Crippen molar-refractivity contribution in [1.29, 1.82) is 0 Å². The van der Waals surface area contributed by atoms with Crippen molar-refractivity contribution >= 4 is 10.0 Å². The largest absolute Gasteiger partial charge is 0.266 e. The van der Waals surface area contributed by atoms with Gasteiger partial charge in [0.1, 0.15) is 0 Å². The molecular formula is C9H10N4O2S. The summed E-state index contributed by atoms with van der Waals surface area (Å²) < 4.78 is 25.8. The fraction of sp³-hybridized carbons (Fsp3) is 0.111. The summed E-state index contributed by atoms with van der Waals surface area (Å²) in [5.41, 5.74) is 0.845. The van der Waals surface area contributed by atoms with Crippen molar-refractivity contribution in [2.24, 2.45) is 0 Å². The molecule has 0 atom stereocenters. The van der Waals surface area contributed by atoms with Crippen LogP contribution in [0.1, 0.15) is 5.56 Å². The average Bonchev–Trinajstić information content (AvgIpc) is 2.82. The lowest BCUT2D eigenvalue weighted by Gasteiger charge is -2.03. The monoisotopic (exact) mass is 238 g/mol. The first kappa shape index (κ1) is 10.8. The number of H-pyrrole nitrogens is 1. The summed E-state index contributed by atoms with van der Waals surface area (Å²) >= 11 is 0. The average molecular weight is 238 g/mol. The topological polar surface area (TPSA) is 87.7 Å². The van der Waals surface area contributed by atoms with Crippen LogP contribution in [0, 0.1) is 0 Å². The number of hydrogen-bond donors (Lipinski definition) is 2. The maximum absolute atomic E-state index is 11.7. The third-order valence-corrected chi connectivity index (χ3v) is 3.31. The van der Waals surface area contributed by atoms with Gasteiger partial charge < -0.3 is 0 Å². The molecular weight excluding hydrogens is 228 g/mol. The van der Waals surface area contributed by atoms with E-state index in [2.05, 4.69) is 19.9 Å². The highest BCUT2D eigenvalue weighted by Gasteiger charge is 2.14. The molecule has 0 spiro atoms. The van der Waals surface area contributed by atoms with E-state index in [1.165, 1.54) is 12.3 Å². The van der Waals surface area contributed by atoms with Gasteiger partial charge in [0.2, 0.25) is 0 Å². The van der Waals surface area contributed by atoms with Crippen LogP contribution >= 0.6 is 0 Å². The van der Waals surface area contributed by atoms with Gasteiger partial charge in [0.25, 0.3) is 10.0 Å². The second-order valence-corrected chi connectivity index (χ2v) is 4.84. The number of nitrogens with zero attached hydrogens (tertiary/aromatic N) is 2. The number of pyridine rings is 1. The molecule has 0 radical (unpaired) electrons. The molecule has 0 unspecified atom stereocenters. The van der Waals surface area contributed by atoms with Crippen LogP contribution < -0.4 is 4.72 Å². The van der Waals surface area contributed by atoms with Crippen molar-refractivity contribution in [2.75, 3.05) is 0 Å². The molecule has 0 aliphatic rings. The summed E-state index contributed by atoms with van der Waals surface area (Å²) in [6, 6.07) is 4.89. The van der Waals surface area contributed by atoms with Crippen LogP contribution in [0.5, 0.6) is 0 Å². The van der Waals surface area contributed by atoms with Crippen LogP contribution in [-0.2, 0) is 16.6 Å². The van der Waals surface area contributed by atoms with E-state index in [4.69, 9.17) is 0 Å². The quantitative estimate of drug-likeness (QED) is 0.801. The first-order valence-corrected chi connectivity index (χ1v) is 6.05. The lowest BCUT2D eigenvalue weighted by Crippen LogP contribution is -2.23. The Balaban J connectivity index is 2.07. The lowest BCUT2D eigenvalue weighted by molar-refractivity contribution is 0.577. The van der Waals surface area contributed by atoms with Gasteiger partial charge in [0.15, 0.2) is 5.03 Å². The van der Waals surface area contributed by atoms with E-state index in [1.807, 2.05) is 0 Å². The zero-order chi connectivity index (χ0) is 11.4. The van der Waals surface area contributed by atoms with E-state index >= 15 is 0 Å². The number of hydrogen-bond acceptors (Lipinski definition) is 4. The summed E-state index contributed by atoms with van der Waals surface area (Å²) in [4.78, 5) is 3.85. The number of nitrogens with one attached hydrogen (secondary N) is 2. The Labute approximate surface area is 92.8 Å². The molecule has 0 aliphatic heterocycles. The van der Waals surface area contributed by atoms with E-state index in [1.54, 1.807) is 24.5 Å². The predicted molar refractivity (Wildman–Crippen MR) is 56.9 cm³/mol. The molecule has 0 aromatic carbocycles. The predicted octanol–water partition coefficient (Wildman–Crippen LogP) is 0.283. The van der Waals surface area contributed by atoms with Crippen molar-refractivity contribution in [3.63, 3.8) is 0 Å². The highest BCUT2D eigenvalue weighted by atomic mass is 32.2. The Hall–Kier alpha value is -1.73. The summed E-state index contributed by atoms with van der Waals surface area (Å²) in [6.45, 7) is 0.226. The molecule has 0 saturated carbocycles. The third kappa shape index (κ3) is 2.44. The van der Waals surface area contributed by atoms with Gasteiger partial charge in [-0.15, -0.1) is 0 Å². The van der Waals surface area contributed by atoms with Gasteiger partial charge in [0, 0.05) is 18.9 Å². The Kier molecular flexibility index (Phi) is 2.97. The number of aromatic amines is 1. The van der Waals surface area contributed by atoms with Crippen molar-refractivity contribution in [2.45, 2.75) is 11.6 Å². The molecule has 2 aromatic rings. The molecule has 84 valence electrons. The molecule has 2 N–H and O–H groups in total. The minimum atomic E-state index is -3.50. The summed E-state index contributed by atoms with van der Waals surface area (Å²) in [5, 5.41) is 6.05. The molecule has 16 heavy (non-hydrogen) atoms. The summed E-state index contributed by atoms with van der Waals surface area (Å²) in [7, 11) is -3.50. The fourth-order valence-corrected chi connectivity index (χ4v) is 2.07. The van der Waals surface area contributed by atoms with Crippen molar-refractivity contribution in [3.8, 4) is 0 Å². The Morgan fingerprint density at radius 1 is 1.19 bits per heavy atom. The van der Waals surface area contributed by atoms with Gasteiger partial charge >= 0.3 is 0 Å². The van der Waals surface area contributed by atoms with Crippen molar-refractivity contribution in [3.05, 3.63) is 42.4 Å². The fourth-order valence-electron chi connectivity index (χ4n) is 1.15. The molecule has 2 aromatic heterocycles. The molecule has 2 rings (SSSR count). The molecule has 0 aliphatic carbocycles. The summed E-state index contributed by atoms with van der Waals surface area (Å²) in [5.74, 6) is 0. The zero-order valence-corrected chi connectivity index (χ0v) is 9.11. The van der Waals surface area contributed by atoms with Crippen LogP contribution in [0.2, 0.25) is 0 Å². The normalized spacial score (nSPS) is 11.5. The highest BCUT2D eigenvalue weighted by molar-refractivity contribution is 7.89. The van der Waals surface area contributed by atoms with E-state index < -0.39 is 10.0 Å². The van der Waals surface area contributed by atoms with Gasteiger partial charge in [-0.25, -0.2) is 13.1 Å². The molecule has 0 fully saturated rings. The SMILES string of the molecule is O=S(=O)(NCc1ccncc1)c1ccn[nH]1. The van der Waals surface area contributed by atoms with Crippen LogP contribution in [0.4, 0.5) is 0 Å². The minimum absolute atomic E-state index is 0.0570. The highest BCUT2D eigenvalue weighted by Crippen LogP contribution is 2.04. The Bertz CT molecular complexity index is 536. The molecule has 0 saturated heterocycles. The minimum Gasteiger partial charge on any atom is -0.266 e. The second kappa shape index (κ2) is 4.42. The van der Waals surface area contributed by atoms with Gasteiger partial charge in [-0.05, 0) is 23.8 Å². The third-order valence-electron chi connectivity index (χ3n) is 1.98. The van der Waals surface area contributed by atoms with Crippen LogP contribution in [-0.4, -0.2) is 23.6 Å². The second-order valence-electron chi connectivity index (χ2n) is 3.10. The first-order chi connectivity index (χ1) is 7.68. The summed E-state index contributed by atoms with van der Waals surface area (Å²) in [6.07, 6.45) is 4.61. The van der Waals surface area contributed by atoms with Crippen LogP contribution in [0.25, 0.3) is 0 Å². The molecule has 2 heterocycles. The molecule has 0 amide bonds. The van der Waals surface area contributed by atoms with Crippen molar-refractivity contribution in [1.82, 2.24) is 19.9 Å². The van der Waals surface area contributed by atoms with E-state index in [0.29, 0.717) is 0 Å². The maximum Gasteiger partial charge on any atom is 0.257 e. The van der Waals surface area contributed by atoms with Gasteiger partial charge in [-0.1, -0.05) is 0 Å². The zero-order valence-electron chi connectivity index (χ0n) is 8.29. The molecule has 6 nitrogen and oxygen atoms in total. The Morgan fingerprint density at radius 3 is 2.56 bits per heavy atom. The number of aromatic nitrogens is 3. The number of sulfonamides is 1. The lowest BCUT2D eigenvalue weighted by atomic mass is 10.3. The van der Waals surface area contributed by atoms with Gasteiger partial charge in [-0.3, -0.25) is 10.1 Å².